The average molecular weight is 433 g/mol. The number of rotatable bonds is 7. The van der Waals surface area contributed by atoms with Crippen LogP contribution in [0.2, 0.25) is 0 Å². The first-order chi connectivity index (χ1) is 14.3. The second-order valence-electron chi connectivity index (χ2n) is 8.47. The molecule has 0 unspecified atom stereocenters. The first-order valence-corrected chi connectivity index (χ1v) is 12.2. The van der Waals surface area contributed by atoms with Crippen LogP contribution in [0.25, 0.3) is 0 Å². The molecular weight excluding hydrogens is 404 g/mol. The molecule has 2 aromatic rings. The summed E-state index contributed by atoms with van der Waals surface area (Å²) in [6.45, 7) is 0. The van der Waals surface area contributed by atoms with Crippen molar-refractivity contribution in [2.24, 2.45) is 13.0 Å². The Bertz CT molecular complexity index is 1080. The van der Waals surface area contributed by atoms with Crippen LogP contribution in [0.15, 0.2) is 40.3 Å². The molecule has 1 amide bonds. The Hall–Kier alpha value is -2.42. The van der Waals surface area contributed by atoms with E-state index < -0.39 is 26.7 Å². The number of hydrogen-bond donors (Lipinski definition) is 1. The quantitative estimate of drug-likeness (QED) is 0.725. The Morgan fingerprint density at radius 1 is 1.17 bits per heavy atom. The number of nitrogens with one attached hydrogen (secondary N) is 1. The first-order valence-electron chi connectivity index (χ1n) is 10.6. The van der Waals surface area contributed by atoms with Gasteiger partial charge in [0, 0.05) is 31.6 Å². The standard InChI is InChI=1S/C21H28N4O4S/c1-24-11-10-19(23-24)22-21(27)18(13-15-5-2-3-6-15)25-12-9-17(14-20(25)26)30(28,29)16-7-4-8-16/h9-12,14-16,18H,2-8,13H2,1H3,(H,22,23,27)/t18-/m0/s1. The van der Waals surface area contributed by atoms with Crippen molar-refractivity contribution in [2.45, 2.75) is 67.6 Å². The normalized spacial score (nSPS) is 18.8. The number of amides is 1. The number of anilines is 1. The van der Waals surface area contributed by atoms with Crippen LogP contribution in [0.5, 0.6) is 0 Å². The summed E-state index contributed by atoms with van der Waals surface area (Å²) in [5.41, 5.74) is -0.463. The summed E-state index contributed by atoms with van der Waals surface area (Å²) < 4.78 is 28.3. The van der Waals surface area contributed by atoms with Crippen LogP contribution in [0.1, 0.15) is 57.4 Å². The molecule has 30 heavy (non-hydrogen) atoms. The Morgan fingerprint density at radius 3 is 2.47 bits per heavy atom. The molecule has 0 saturated heterocycles. The van der Waals surface area contributed by atoms with E-state index in [4.69, 9.17) is 0 Å². The molecule has 0 bridgehead atoms. The number of carbonyl (C=O) groups is 1. The molecule has 0 radical (unpaired) electrons. The van der Waals surface area contributed by atoms with Gasteiger partial charge in [0.1, 0.15) is 6.04 Å². The van der Waals surface area contributed by atoms with Crippen molar-refractivity contribution in [1.82, 2.24) is 14.3 Å². The maximum atomic E-state index is 13.1. The topological polar surface area (TPSA) is 103 Å². The zero-order valence-corrected chi connectivity index (χ0v) is 18.0. The van der Waals surface area contributed by atoms with Crippen molar-refractivity contribution in [3.8, 4) is 0 Å². The fourth-order valence-corrected chi connectivity index (χ4v) is 6.23. The molecule has 8 nitrogen and oxygen atoms in total. The van der Waals surface area contributed by atoms with Gasteiger partial charge in [-0.3, -0.25) is 14.3 Å². The van der Waals surface area contributed by atoms with Gasteiger partial charge in [-0.2, -0.15) is 5.10 Å². The molecule has 2 saturated carbocycles. The van der Waals surface area contributed by atoms with Crippen molar-refractivity contribution in [1.29, 1.82) is 0 Å². The zero-order chi connectivity index (χ0) is 21.3. The Kier molecular flexibility index (Phi) is 5.81. The Balaban J connectivity index is 1.62. The van der Waals surface area contributed by atoms with Gasteiger partial charge in [0.15, 0.2) is 15.7 Å². The number of hydrogen-bond acceptors (Lipinski definition) is 5. The van der Waals surface area contributed by atoms with Gasteiger partial charge in [0.2, 0.25) is 5.91 Å². The number of sulfone groups is 1. The summed E-state index contributed by atoms with van der Waals surface area (Å²) in [6.07, 6.45) is 10.3. The van der Waals surface area contributed by atoms with Crippen LogP contribution < -0.4 is 10.9 Å². The van der Waals surface area contributed by atoms with Crippen molar-refractivity contribution in [2.75, 3.05) is 5.32 Å². The molecule has 0 aromatic carbocycles. The van der Waals surface area contributed by atoms with Crippen molar-refractivity contribution >= 4 is 21.6 Å². The molecule has 4 rings (SSSR count). The summed E-state index contributed by atoms with van der Waals surface area (Å²) in [5.74, 6) is 0.489. The van der Waals surface area contributed by atoms with Crippen molar-refractivity contribution in [3.05, 3.63) is 40.9 Å². The van der Waals surface area contributed by atoms with Gasteiger partial charge >= 0.3 is 0 Å². The van der Waals surface area contributed by atoms with E-state index in [1.165, 1.54) is 22.9 Å². The molecule has 2 aliphatic rings. The third-order valence-corrected chi connectivity index (χ3v) is 8.63. The van der Waals surface area contributed by atoms with E-state index in [9.17, 15) is 18.0 Å². The van der Waals surface area contributed by atoms with Gasteiger partial charge in [-0.25, -0.2) is 8.42 Å². The minimum atomic E-state index is -3.48. The molecule has 162 valence electrons. The summed E-state index contributed by atoms with van der Waals surface area (Å²) in [6, 6.07) is 3.62. The predicted molar refractivity (Wildman–Crippen MR) is 113 cm³/mol. The summed E-state index contributed by atoms with van der Waals surface area (Å²) in [5, 5.41) is 6.58. The van der Waals surface area contributed by atoms with Gasteiger partial charge in [0.05, 0.1) is 10.1 Å². The van der Waals surface area contributed by atoms with Crippen LogP contribution in [-0.2, 0) is 21.7 Å². The third-order valence-electron chi connectivity index (χ3n) is 6.37. The third kappa shape index (κ3) is 4.21. The van der Waals surface area contributed by atoms with Gasteiger partial charge in [-0.15, -0.1) is 0 Å². The lowest BCUT2D eigenvalue weighted by Crippen LogP contribution is -2.35. The van der Waals surface area contributed by atoms with E-state index in [1.807, 2.05) is 0 Å². The van der Waals surface area contributed by atoms with Crippen molar-refractivity contribution < 1.29 is 13.2 Å². The molecule has 0 spiro atoms. The summed E-state index contributed by atoms with van der Waals surface area (Å²) >= 11 is 0. The maximum absolute atomic E-state index is 13.1. The van der Waals surface area contributed by atoms with E-state index in [2.05, 4.69) is 10.4 Å². The monoisotopic (exact) mass is 432 g/mol. The van der Waals surface area contributed by atoms with E-state index in [0.717, 1.165) is 32.1 Å². The number of carbonyl (C=O) groups excluding carboxylic acids is 1. The van der Waals surface area contributed by atoms with Crippen LogP contribution in [0.3, 0.4) is 0 Å². The van der Waals surface area contributed by atoms with Gasteiger partial charge in [-0.05, 0) is 31.2 Å². The minimum absolute atomic E-state index is 0.0539. The highest BCUT2D eigenvalue weighted by Gasteiger charge is 2.34. The fourth-order valence-electron chi connectivity index (χ4n) is 4.38. The Morgan fingerprint density at radius 2 is 1.90 bits per heavy atom. The summed E-state index contributed by atoms with van der Waals surface area (Å²) in [7, 11) is -1.72. The van der Waals surface area contributed by atoms with Gasteiger partial charge in [-0.1, -0.05) is 32.1 Å². The molecule has 2 aliphatic carbocycles. The highest BCUT2D eigenvalue weighted by Crippen LogP contribution is 2.33. The molecule has 2 fully saturated rings. The number of pyridine rings is 1. The largest absolute Gasteiger partial charge is 0.307 e. The molecule has 1 N–H and O–H groups in total. The fraction of sp³-hybridized carbons (Fsp3) is 0.571. The average Bonchev–Trinajstić information content (AvgIpc) is 3.29. The second-order valence-corrected chi connectivity index (χ2v) is 10.7. The zero-order valence-electron chi connectivity index (χ0n) is 17.2. The molecular formula is C21H28N4O4S. The molecule has 0 aliphatic heterocycles. The first kappa shape index (κ1) is 20.8. The number of aromatic nitrogens is 3. The van der Waals surface area contributed by atoms with Crippen LogP contribution >= 0.6 is 0 Å². The van der Waals surface area contributed by atoms with Crippen molar-refractivity contribution in [3.63, 3.8) is 0 Å². The van der Waals surface area contributed by atoms with E-state index in [1.54, 1.807) is 24.0 Å². The van der Waals surface area contributed by atoms with Crippen LogP contribution in [-0.4, -0.2) is 33.9 Å². The molecule has 2 aromatic heterocycles. The molecule has 9 heteroatoms. The molecule has 1 atom stereocenters. The lowest BCUT2D eigenvalue weighted by Gasteiger charge is -2.26. The number of aryl methyl sites for hydroxylation is 1. The number of nitrogens with zero attached hydrogens (tertiary/aromatic N) is 3. The second kappa shape index (κ2) is 8.37. The summed E-state index contributed by atoms with van der Waals surface area (Å²) in [4.78, 5) is 26.0. The smallest absolute Gasteiger partial charge is 0.252 e. The van der Waals surface area contributed by atoms with Gasteiger partial charge < -0.3 is 9.88 Å². The van der Waals surface area contributed by atoms with Crippen LogP contribution in [0, 0.1) is 5.92 Å². The lowest BCUT2D eigenvalue weighted by atomic mass is 9.97. The molecule has 2 heterocycles. The minimum Gasteiger partial charge on any atom is -0.307 e. The predicted octanol–water partition coefficient (Wildman–Crippen LogP) is 2.67. The Labute approximate surface area is 176 Å². The highest BCUT2D eigenvalue weighted by molar-refractivity contribution is 7.92. The van der Waals surface area contributed by atoms with E-state index in [-0.39, 0.29) is 10.8 Å². The van der Waals surface area contributed by atoms with Crippen LogP contribution in [0.4, 0.5) is 5.82 Å². The maximum Gasteiger partial charge on any atom is 0.252 e. The highest BCUT2D eigenvalue weighted by atomic mass is 32.2. The van der Waals surface area contributed by atoms with E-state index in [0.29, 0.717) is 31.0 Å². The van der Waals surface area contributed by atoms with Gasteiger partial charge in [0.25, 0.3) is 5.56 Å². The van der Waals surface area contributed by atoms with E-state index >= 15 is 0 Å². The lowest BCUT2D eigenvalue weighted by molar-refractivity contribution is -0.119. The SMILES string of the molecule is Cn1ccc(NC(=O)[C@H](CC2CCCC2)n2ccc(S(=O)(=O)C3CCC3)cc2=O)n1.